The minimum atomic E-state index is 0.698. The molecule has 0 spiro atoms. The lowest BCUT2D eigenvalue weighted by Crippen LogP contribution is -2.03. The molecule has 2 aromatic heterocycles. The largest absolute Gasteiger partial charge is 0.260 e. The molecule has 0 N–H and O–H groups in total. The van der Waals surface area contributed by atoms with E-state index in [1.54, 1.807) is 0 Å². The van der Waals surface area contributed by atoms with Crippen molar-refractivity contribution in [2.75, 3.05) is 0 Å². The van der Waals surface area contributed by atoms with Gasteiger partial charge < -0.3 is 0 Å². The van der Waals surface area contributed by atoms with Crippen molar-refractivity contribution in [2.24, 2.45) is 0 Å². The van der Waals surface area contributed by atoms with Crippen molar-refractivity contribution in [1.82, 2.24) is 19.7 Å². The van der Waals surface area contributed by atoms with Crippen molar-refractivity contribution in [3.05, 3.63) is 77.1 Å². The Morgan fingerprint density at radius 1 is 0.800 bits per heavy atom. The molecule has 0 amide bonds. The van der Waals surface area contributed by atoms with Gasteiger partial charge in [-0.1, -0.05) is 48.5 Å². The number of aromatic nitrogens is 4. The van der Waals surface area contributed by atoms with Gasteiger partial charge in [0.05, 0.1) is 12.1 Å². The molecule has 0 saturated heterocycles. The summed E-state index contributed by atoms with van der Waals surface area (Å²) in [6.07, 6.45) is 0. The van der Waals surface area contributed by atoms with Gasteiger partial charge in [0, 0.05) is 16.8 Å². The molecule has 25 heavy (non-hydrogen) atoms. The quantitative estimate of drug-likeness (QED) is 0.557. The van der Waals surface area contributed by atoms with Crippen LogP contribution in [0.5, 0.6) is 0 Å². The second-order valence-corrected chi connectivity index (χ2v) is 6.35. The summed E-state index contributed by atoms with van der Waals surface area (Å²) in [6, 6.07) is 18.6. The molecule has 2 heterocycles. The summed E-state index contributed by atoms with van der Waals surface area (Å²) in [5.74, 6) is 0.698. The standard InChI is InChI=1S/C21H20N4/c1-14-15(2)22-21(23-16(14)3)20-18-11-7-8-12-19(18)25(24-20)13-17-9-5-4-6-10-17/h4-12H,13H2,1-3H3. The van der Waals surface area contributed by atoms with Crippen LogP contribution in [0.2, 0.25) is 0 Å². The highest BCUT2D eigenvalue weighted by atomic mass is 15.3. The van der Waals surface area contributed by atoms with E-state index < -0.39 is 0 Å². The molecule has 0 aliphatic rings. The van der Waals surface area contributed by atoms with Crippen molar-refractivity contribution in [1.29, 1.82) is 0 Å². The summed E-state index contributed by atoms with van der Waals surface area (Å²) < 4.78 is 2.04. The second-order valence-electron chi connectivity index (χ2n) is 6.35. The van der Waals surface area contributed by atoms with Gasteiger partial charge in [0.2, 0.25) is 0 Å². The van der Waals surface area contributed by atoms with Crippen LogP contribution < -0.4 is 0 Å². The molecule has 124 valence electrons. The van der Waals surface area contributed by atoms with Crippen LogP contribution in [0.15, 0.2) is 54.6 Å². The summed E-state index contributed by atoms with van der Waals surface area (Å²) in [5.41, 5.74) is 6.31. The number of aryl methyl sites for hydroxylation is 2. The fourth-order valence-electron chi connectivity index (χ4n) is 3.05. The van der Waals surface area contributed by atoms with Gasteiger partial charge in [-0.2, -0.15) is 5.10 Å². The van der Waals surface area contributed by atoms with E-state index in [9.17, 15) is 0 Å². The topological polar surface area (TPSA) is 43.6 Å². The average Bonchev–Trinajstić information content (AvgIpc) is 2.99. The molecule has 4 rings (SSSR count). The normalized spacial score (nSPS) is 11.2. The Morgan fingerprint density at radius 3 is 2.16 bits per heavy atom. The Labute approximate surface area is 147 Å². The van der Waals surface area contributed by atoms with E-state index in [-0.39, 0.29) is 0 Å². The van der Waals surface area contributed by atoms with E-state index in [0.717, 1.165) is 40.1 Å². The highest BCUT2D eigenvalue weighted by molar-refractivity contribution is 5.91. The molecule has 0 saturated carbocycles. The van der Waals surface area contributed by atoms with Crippen LogP contribution in [-0.4, -0.2) is 19.7 Å². The van der Waals surface area contributed by atoms with Gasteiger partial charge in [0.15, 0.2) is 5.82 Å². The zero-order chi connectivity index (χ0) is 17.4. The van der Waals surface area contributed by atoms with Gasteiger partial charge in [-0.15, -0.1) is 0 Å². The van der Waals surface area contributed by atoms with Crippen molar-refractivity contribution < 1.29 is 0 Å². The van der Waals surface area contributed by atoms with Crippen molar-refractivity contribution in [3.8, 4) is 11.5 Å². The van der Waals surface area contributed by atoms with E-state index in [1.807, 2.05) is 36.7 Å². The monoisotopic (exact) mass is 328 g/mol. The van der Waals surface area contributed by atoms with Crippen LogP contribution in [0, 0.1) is 20.8 Å². The minimum absolute atomic E-state index is 0.698. The second kappa shape index (κ2) is 6.13. The number of fused-ring (bicyclic) bond motifs is 1. The number of benzene rings is 2. The molecule has 0 aliphatic carbocycles. The Kier molecular flexibility index (Phi) is 3.80. The van der Waals surface area contributed by atoms with Crippen LogP contribution in [0.25, 0.3) is 22.4 Å². The number of rotatable bonds is 3. The molecule has 0 aliphatic heterocycles. The molecule has 0 fully saturated rings. The van der Waals surface area contributed by atoms with Crippen LogP contribution in [0.4, 0.5) is 0 Å². The van der Waals surface area contributed by atoms with Crippen molar-refractivity contribution in [3.63, 3.8) is 0 Å². The zero-order valence-corrected chi connectivity index (χ0v) is 14.7. The maximum atomic E-state index is 4.86. The molecular formula is C21H20N4. The average molecular weight is 328 g/mol. The van der Waals surface area contributed by atoms with E-state index in [4.69, 9.17) is 5.10 Å². The molecule has 4 heteroatoms. The van der Waals surface area contributed by atoms with Crippen LogP contribution in [0.1, 0.15) is 22.5 Å². The highest BCUT2D eigenvalue weighted by Gasteiger charge is 2.16. The Balaban J connectivity index is 1.88. The molecule has 0 radical (unpaired) electrons. The number of para-hydroxylation sites is 1. The van der Waals surface area contributed by atoms with E-state index in [1.165, 1.54) is 5.56 Å². The Hall–Kier alpha value is -3.01. The van der Waals surface area contributed by atoms with Crippen LogP contribution in [-0.2, 0) is 6.54 Å². The van der Waals surface area contributed by atoms with Crippen LogP contribution in [0.3, 0.4) is 0 Å². The molecule has 4 nitrogen and oxygen atoms in total. The predicted molar refractivity (Wildman–Crippen MR) is 101 cm³/mol. The lowest BCUT2D eigenvalue weighted by molar-refractivity contribution is 0.713. The lowest BCUT2D eigenvalue weighted by atomic mass is 10.1. The third-order valence-electron chi connectivity index (χ3n) is 4.68. The fourth-order valence-corrected chi connectivity index (χ4v) is 3.05. The van der Waals surface area contributed by atoms with Gasteiger partial charge >= 0.3 is 0 Å². The zero-order valence-electron chi connectivity index (χ0n) is 14.7. The maximum absolute atomic E-state index is 4.86. The fraction of sp³-hybridized carbons (Fsp3) is 0.190. The summed E-state index contributed by atoms with van der Waals surface area (Å²) in [4.78, 5) is 9.37. The molecule has 2 aromatic carbocycles. The molecule has 4 aromatic rings. The first-order chi connectivity index (χ1) is 12.1. The third-order valence-corrected chi connectivity index (χ3v) is 4.68. The highest BCUT2D eigenvalue weighted by Crippen LogP contribution is 2.27. The van der Waals surface area contributed by atoms with Gasteiger partial charge in [-0.05, 0) is 38.0 Å². The Morgan fingerprint density at radius 2 is 1.44 bits per heavy atom. The van der Waals surface area contributed by atoms with Gasteiger partial charge in [-0.25, -0.2) is 9.97 Å². The first kappa shape index (κ1) is 15.5. The number of nitrogens with zero attached hydrogens (tertiary/aromatic N) is 4. The molecule has 0 bridgehead atoms. The van der Waals surface area contributed by atoms with Gasteiger partial charge in [-0.3, -0.25) is 4.68 Å². The first-order valence-electron chi connectivity index (χ1n) is 8.45. The van der Waals surface area contributed by atoms with E-state index >= 15 is 0 Å². The summed E-state index contributed by atoms with van der Waals surface area (Å²) in [5, 5.41) is 5.94. The summed E-state index contributed by atoms with van der Waals surface area (Å²) >= 11 is 0. The third kappa shape index (κ3) is 2.80. The van der Waals surface area contributed by atoms with Gasteiger partial charge in [0.25, 0.3) is 0 Å². The summed E-state index contributed by atoms with van der Waals surface area (Å²) in [7, 11) is 0. The molecule has 0 atom stereocenters. The predicted octanol–water partition coefficient (Wildman–Crippen LogP) is 4.47. The summed E-state index contributed by atoms with van der Waals surface area (Å²) in [6.45, 7) is 6.83. The van der Waals surface area contributed by atoms with E-state index in [0.29, 0.717) is 5.82 Å². The number of hydrogen-bond donors (Lipinski definition) is 0. The molecule has 0 unspecified atom stereocenters. The van der Waals surface area contributed by atoms with E-state index in [2.05, 4.69) is 53.3 Å². The minimum Gasteiger partial charge on any atom is -0.260 e. The van der Waals surface area contributed by atoms with Gasteiger partial charge in [0.1, 0.15) is 5.69 Å². The van der Waals surface area contributed by atoms with Crippen molar-refractivity contribution in [2.45, 2.75) is 27.3 Å². The maximum Gasteiger partial charge on any atom is 0.181 e. The number of hydrogen-bond acceptors (Lipinski definition) is 3. The molecular weight excluding hydrogens is 308 g/mol. The first-order valence-corrected chi connectivity index (χ1v) is 8.45. The smallest absolute Gasteiger partial charge is 0.181 e. The van der Waals surface area contributed by atoms with Crippen LogP contribution >= 0.6 is 0 Å². The SMILES string of the molecule is Cc1nc(-c2nn(Cc3ccccc3)c3ccccc23)nc(C)c1C. The Bertz CT molecular complexity index is 1030. The lowest BCUT2D eigenvalue weighted by Gasteiger charge is -2.05. The van der Waals surface area contributed by atoms with Crippen molar-refractivity contribution >= 4 is 10.9 Å².